The zero-order chi connectivity index (χ0) is 14.7. The average Bonchev–Trinajstić information content (AvgIpc) is 2.35. The fraction of sp³-hybridized carbons (Fsp3) is 0.273. The predicted molar refractivity (Wildman–Crippen MR) is 67.3 cm³/mol. The Balaban J connectivity index is 3.04. The van der Waals surface area contributed by atoms with Crippen molar-refractivity contribution in [2.45, 2.75) is 13.0 Å². The summed E-state index contributed by atoms with van der Waals surface area (Å²) < 4.78 is 0. The Morgan fingerprint density at radius 3 is 2.47 bits per heavy atom. The van der Waals surface area contributed by atoms with Gasteiger partial charge in [0.15, 0.2) is 0 Å². The van der Waals surface area contributed by atoms with Crippen LogP contribution in [0.25, 0.3) is 0 Å². The van der Waals surface area contributed by atoms with Gasteiger partial charge in [0.25, 0.3) is 11.6 Å². The number of nitrogens with zero attached hydrogens (tertiary/aromatic N) is 2. The molecule has 8 heteroatoms. The molecule has 0 saturated carbocycles. The van der Waals surface area contributed by atoms with Crippen LogP contribution in [0.5, 0.6) is 0 Å². The van der Waals surface area contributed by atoms with Crippen molar-refractivity contribution in [3.05, 3.63) is 38.9 Å². The second-order valence-electron chi connectivity index (χ2n) is 3.85. The fourth-order valence-electron chi connectivity index (χ4n) is 1.33. The molecule has 0 saturated heterocycles. The lowest BCUT2D eigenvalue weighted by atomic mass is 10.1. The third-order valence-corrected chi connectivity index (χ3v) is 2.95. The molecule has 1 N–H and O–H groups in total. The summed E-state index contributed by atoms with van der Waals surface area (Å²) in [6.45, 7) is 1.35. The number of carbonyl (C=O) groups excluding carboxylic acids is 1. The van der Waals surface area contributed by atoms with Crippen LogP contribution in [0.4, 0.5) is 5.69 Å². The van der Waals surface area contributed by atoms with E-state index in [1.165, 1.54) is 20.0 Å². The number of hydrogen-bond donors (Lipinski definition) is 1. The summed E-state index contributed by atoms with van der Waals surface area (Å²) in [7, 11) is 1.33. The van der Waals surface area contributed by atoms with Gasteiger partial charge in [-0.3, -0.25) is 14.9 Å². The minimum absolute atomic E-state index is 0.0891. The molecule has 0 aromatic heterocycles. The molecule has 0 aliphatic rings. The van der Waals surface area contributed by atoms with Crippen molar-refractivity contribution in [3.63, 3.8) is 0 Å². The van der Waals surface area contributed by atoms with E-state index >= 15 is 0 Å². The van der Waals surface area contributed by atoms with Crippen LogP contribution in [-0.2, 0) is 4.79 Å². The highest BCUT2D eigenvalue weighted by Crippen LogP contribution is 2.25. The van der Waals surface area contributed by atoms with Gasteiger partial charge in [0.05, 0.1) is 4.92 Å². The van der Waals surface area contributed by atoms with E-state index < -0.39 is 22.8 Å². The quantitative estimate of drug-likeness (QED) is 0.672. The number of rotatable bonds is 4. The number of benzene rings is 1. The number of halogens is 1. The number of aliphatic carboxylic acids is 1. The topological polar surface area (TPSA) is 101 Å². The van der Waals surface area contributed by atoms with Crippen LogP contribution < -0.4 is 0 Å². The summed E-state index contributed by atoms with van der Waals surface area (Å²) in [5, 5.41) is 19.2. The minimum atomic E-state index is -1.15. The monoisotopic (exact) mass is 286 g/mol. The molecule has 0 aliphatic heterocycles. The number of carboxylic acids is 1. The molecule has 1 aromatic carbocycles. The van der Waals surface area contributed by atoms with Crippen molar-refractivity contribution < 1.29 is 19.6 Å². The van der Waals surface area contributed by atoms with Gasteiger partial charge in [0, 0.05) is 18.7 Å². The van der Waals surface area contributed by atoms with Crippen molar-refractivity contribution in [1.82, 2.24) is 4.90 Å². The molecule has 1 unspecified atom stereocenters. The number of hydrogen-bond acceptors (Lipinski definition) is 4. The maximum absolute atomic E-state index is 12.0. The maximum atomic E-state index is 12.0. The highest BCUT2D eigenvalue weighted by atomic mass is 35.5. The molecule has 0 aliphatic carbocycles. The van der Waals surface area contributed by atoms with Gasteiger partial charge in [0.2, 0.25) is 0 Å². The lowest BCUT2D eigenvalue weighted by Gasteiger charge is -2.21. The van der Waals surface area contributed by atoms with Crippen LogP contribution in [-0.4, -0.2) is 39.9 Å². The standard InChI is InChI=1S/C11H11ClN2O5/c1-6(11(16)17)13(2)10(15)7-3-4-9(14(18)19)8(12)5-7/h3-6H,1-2H3,(H,16,17). The zero-order valence-electron chi connectivity index (χ0n) is 10.2. The first-order valence-corrected chi connectivity index (χ1v) is 5.57. The Morgan fingerprint density at radius 2 is 2.05 bits per heavy atom. The summed E-state index contributed by atoms with van der Waals surface area (Å²) in [5.41, 5.74) is -0.224. The van der Waals surface area contributed by atoms with E-state index in [-0.39, 0.29) is 16.3 Å². The Kier molecular flexibility index (Phi) is 4.44. The SMILES string of the molecule is CC(C(=O)O)N(C)C(=O)c1ccc([N+](=O)[O-])c(Cl)c1. The molecule has 1 aromatic rings. The van der Waals surface area contributed by atoms with E-state index in [0.29, 0.717) is 0 Å². The van der Waals surface area contributed by atoms with Gasteiger partial charge in [-0.25, -0.2) is 4.79 Å². The molecule has 1 rings (SSSR count). The molecule has 1 amide bonds. The lowest BCUT2D eigenvalue weighted by molar-refractivity contribution is -0.384. The van der Waals surface area contributed by atoms with Gasteiger partial charge in [-0.15, -0.1) is 0 Å². The third-order valence-electron chi connectivity index (χ3n) is 2.65. The second kappa shape index (κ2) is 5.66. The molecule has 0 bridgehead atoms. The molecule has 102 valence electrons. The van der Waals surface area contributed by atoms with Gasteiger partial charge in [-0.2, -0.15) is 0 Å². The van der Waals surface area contributed by atoms with Crippen molar-refractivity contribution in [2.75, 3.05) is 7.05 Å². The normalized spacial score (nSPS) is 11.7. The minimum Gasteiger partial charge on any atom is -0.480 e. The number of carboxylic acid groups (broad SMARTS) is 1. The van der Waals surface area contributed by atoms with Crippen LogP contribution >= 0.6 is 11.6 Å². The van der Waals surface area contributed by atoms with Gasteiger partial charge in [-0.05, 0) is 19.1 Å². The van der Waals surface area contributed by atoms with Gasteiger partial charge in [-0.1, -0.05) is 11.6 Å². The Bertz CT molecular complexity index is 546. The molecule has 0 fully saturated rings. The summed E-state index contributed by atoms with van der Waals surface area (Å²) in [6, 6.07) is 2.47. The molecular weight excluding hydrogens is 276 g/mol. The van der Waals surface area contributed by atoms with Crippen molar-refractivity contribution >= 4 is 29.2 Å². The smallest absolute Gasteiger partial charge is 0.326 e. The number of likely N-dealkylation sites (N-methyl/N-ethyl adjacent to an activating group) is 1. The summed E-state index contributed by atoms with van der Waals surface area (Å²) >= 11 is 5.69. The van der Waals surface area contributed by atoms with Crippen molar-refractivity contribution in [3.8, 4) is 0 Å². The number of amides is 1. The highest BCUT2D eigenvalue weighted by Gasteiger charge is 2.24. The summed E-state index contributed by atoms with van der Waals surface area (Å²) in [4.78, 5) is 33.7. The first-order valence-electron chi connectivity index (χ1n) is 5.19. The van der Waals surface area contributed by atoms with Crippen LogP contribution in [0.2, 0.25) is 5.02 Å². The van der Waals surface area contributed by atoms with Crippen LogP contribution in [0.1, 0.15) is 17.3 Å². The van der Waals surface area contributed by atoms with E-state index in [0.717, 1.165) is 17.0 Å². The summed E-state index contributed by atoms with van der Waals surface area (Å²) in [6.07, 6.45) is 0. The number of carbonyl (C=O) groups is 2. The van der Waals surface area contributed by atoms with E-state index in [9.17, 15) is 19.7 Å². The van der Waals surface area contributed by atoms with Gasteiger partial charge < -0.3 is 10.0 Å². The van der Waals surface area contributed by atoms with Crippen LogP contribution in [0.3, 0.4) is 0 Å². The molecule has 1 atom stereocenters. The average molecular weight is 287 g/mol. The first-order chi connectivity index (χ1) is 8.75. The molecule has 7 nitrogen and oxygen atoms in total. The molecular formula is C11H11ClN2O5. The Hall–Kier alpha value is -2.15. The van der Waals surface area contributed by atoms with Crippen LogP contribution in [0.15, 0.2) is 18.2 Å². The maximum Gasteiger partial charge on any atom is 0.326 e. The van der Waals surface area contributed by atoms with Gasteiger partial charge in [0.1, 0.15) is 11.1 Å². The Morgan fingerprint density at radius 1 is 1.47 bits per heavy atom. The van der Waals surface area contributed by atoms with E-state index in [1.54, 1.807) is 0 Å². The second-order valence-corrected chi connectivity index (χ2v) is 4.26. The molecule has 0 radical (unpaired) electrons. The number of nitro benzene ring substituents is 1. The zero-order valence-corrected chi connectivity index (χ0v) is 10.9. The van der Waals surface area contributed by atoms with E-state index in [2.05, 4.69) is 0 Å². The molecule has 19 heavy (non-hydrogen) atoms. The first kappa shape index (κ1) is 14.9. The summed E-state index contributed by atoms with van der Waals surface area (Å²) in [5.74, 6) is -1.73. The lowest BCUT2D eigenvalue weighted by Crippen LogP contribution is -2.40. The molecule has 0 spiro atoms. The third kappa shape index (κ3) is 3.19. The predicted octanol–water partition coefficient (Wildman–Crippen LogP) is 1.79. The highest BCUT2D eigenvalue weighted by molar-refractivity contribution is 6.33. The number of nitro groups is 1. The largest absolute Gasteiger partial charge is 0.480 e. The van der Waals surface area contributed by atoms with E-state index in [1.807, 2.05) is 0 Å². The van der Waals surface area contributed by atoms with Crippen molar-refractivity contribution in [2.24, 2.45) is 0 Å². The van der Waals surface area contributed by atoms with Gasteiger partial charge >= 0.3 is 5.97 Å². The fourth-order valence-corrected chi connectivity index (χ4v) is 1.58. The van der Waals surface area contributed by atoms with E-state index in [4.69, 9.17) is 16.7 Å². The molecule has 0 heterocycles. The van der Waals surface area contributed by atoms with Crippen LogP contribution in [0, 0.1) is 10.1 Å². The van der Waals surface area contributed by atoms with Crippen molar-refractivity contribution in [1.29, 1.82) is 0 Å². The Labute approximate surface area is 113 Å².